The molecule has 1 aromatic rings. The highest BCUT2D eigenvalue weighted by Crippen LogP contribution is 2.42. The van der Waals surface area contributed by atoms with Crippen molar-refractivity contribution < 1.29 is 4.74 Å². The van der Waals surface area contributed by atoms with E-state index in [4.69, 9.17) is 16.3 Å². The molecule has 0 aliphatic heterocycles. The number of hydrogen-bond donors (Lipinski definition) is 1. The van der Waals surface area contributed by atoms with Crippen LogP contribution < -0.4 is 10.1 Å². The molecule has 1 fully saturated rings. The summed E-state index contributed by atoms with van der Waals surface area (Å²) in [5.74, 6) is 1.52. The van der Waals surface area contributed by atoms with E-state index in [0.29, 0.717) is 11.1 Å². The first-order valence-corrected chi connectivity index (χ1v) is 5.64. The highest BCUT2D eigenvalue weighted by molar-refractivity contribution is 6.32. The Labute approximate surface area is 95.6 Å². The Morgan fingerprint density at radius 1 is 1.47 bits per heavy atom. The fourth-order valence-corrected chi connectivity index (χ4v) is 2.25. The molecule has 0 bridgehead atoms. The van der Waals surface area contributed by atoms with E-state index in [-0.39, 0.29) is 0 Å². The Balaban J connectivity index is 2.23. The van der Waals surface area contributed by atoms with Crippen molar-refractivity contribution in [3.8, 4) is 5.75 Å². The van der Waals surface area contributed by atoms with Gasteiger partial charge < -0.3 is 10.1 Å². The van der Waals surface area contributed by atoms with Gasteiger partial charge in [-0.05, 0) is 43.5 Å². The van der Waals surface area contributed by atoms with Gasteiger partial charge in [0.05, 0.1) is 12.1 Å². The Kier molecular flexibility index (Phi) is 3.17. The summed E-state index contributed by atoms with van der Waals surface area (Å²) >= 11 is 6.10. The molecule has 0 amide bonds. The third-order valence-electron chi connectivity index (χ3n) is 2.94. The Bertz CT molecular complexity index is 349. The fraction of sp³-hybridized carbons (Fsp3) is 0.500. The highest BCUT2D eigenvalue weighted by atomic mass is 35.5. The Morgan fingerprint density at radius 2 is 2.20 bits per heavy atom. The van der Waals surface area contributed by atoms with E-state index in [9.17, 15) is 0 Å². The summed E-state index contributed by atoms with van der Waals surface area (Å²) in [7, 11) is 3.64. The normalized spacial score (nSPS) is 17.5. The monoisotopic (exact) mass is 225 g/mol. The summed E-state index contributed by atoms with van der Waals surface area (Å²) in [4.78, 5) is 0. The van der Waals surface area contributed by atoms with Crippen LogP contribution in [-0.4, -0.2) is 14.2 Å². The van der Waals surface area contributed by atoms with E-state index in [1.807, 2.05) is 19.2 Å². The van der Waals surface area contributed by atoms with E-state index < -0.39 is 0 Å². The third kappa shape index (κ3) is 2.27. The molecule has 0 radical (unpaired) electrons. The number of rotatable bonds is 4. The fourth-order valence-electron chi connectivity index (χ4n) is 1.98. The summed E-state index contributed by atoms with van der Waals surface area (Å²) in [6, 6.07) is 6.46. The third-order valence-corrected chi connectivity index (χ3v) is 3.23. The minimum Gasteiger partial charge on any atom is -0.495 e. The van der Waals surface area contributed by atoms with Gasteiger partial charge in [0.25, 0.3) is 0 Å². The van der Waals surface area contributed by atoms with Crippen LogP contribution in [0.1, 0.15) is 24.4 Å². The van der Waals surface area contributed by atoms with Gasteiger partial charge in [-0.25, -0.2) is 0 Å². The molecule has 0 aromatic heterocycles. The average molecular weight is 226 g/mol. The van der Waals surface area contributed by atoms with Crippen molar-refractivity contribution in [1.29, 1.82) is 0 Å². The Morgan fingerprint density at radius 3 is 2.67 bits per heavy atom. The van der Waals surface area contributed by atoms with Gasteiger partial charge in [-0.2, -0.15) is 0 Å². The molecular weight excluding hydrogens is 210 g/mol. The zero-order chi connectivity index (χ0) is 10.8. The van der Waals surface area contributed by atoms with Crippen molar-refractivity contribution in [3.05, 3.63) is 28.8 Å². The van der Waals surface area contributed by atoms with Gasteiger partial charge in [0.15, 0.2) is 0 Å². The number of methoxy groups -OCH3 is 1. The molecule has 0 saturated heterocycles. The summed E-state index contributed by atoms with van der Waals surface area (Å²) in [6.45, 7) is 0. The molecule has 15 heavy (non-hydrogen) atoms. The molecule has 3 heteroatoms. The van der Waals surface area contributed by atoms with Gasteiger partial charge in [0.2, 0.25) is 0 Å². The number of ether oxygens (including phenoxy) is 1. The second-order valence-electron chi connectivity index (χ2n) is 4.00. The van der Waals surface area contributed by atoms with Crippen LogP contribution in [0, 0.1) is 5.92 Å². The summed E-state index contributed by atoms with van der Waals surface area (Å²) in [5, 5.41) is 4.04. The molecule has 1 aliphatic rings. The van der Waals surface area contributed by atoms with Crippen LogP contribution in [0.2, 0.25) is 5.02 Å². The molecule has 1 aliphatic carbocycles. The molecule has 1 aromatic carbocycles. The van der Waals surface area contributed by atoms with E-state index >= 15 is 0 Å². The van der Waals surface area contributed by atoms with Crippen molar-refractivity contribution in [3.63, 3.8) is 0 Å². The maximum atomic E-state index is 6.10. The van der Waals surface area contributed by atoms with Crippen LogP contribution in [0.3, 0.4) is 0 Å². The summed E-state index contributed by atoms with van der Waals surface area (Å²) < 4.78 is 5.14. The maximum Gasteiger partial charge on any atom is 0.137 e. The van der Waals surface area contributed by atoms with Gasteiger partial charge in [-0.3, -0.25) is 0 Å². The van der Waals surface area contributed by atoms with Gasteiger partial charge in [-0.15, -0.1) is 0 Å². The standard InChI is InChI=1S/C12H16ClNO/c1-14-12(8-3-4-8)9-5-6-11(15-2)10(13)7-9/h5-8,12,14H,3-4H2,1-2H3. The van der Waals surface area contributed by atoms with Crippen LogP contribution >= 0.6 is 11.6 Å². The lowest BCUT2D eigenvalue weighted by atomic mass is 10.0. The topological polar surface area (TPSA) is 21.3 Å². The van der Waals surface area contributed by atoms with Crippen LogP contribution in [0.4, 0.5) is 0 Å². The quantitative estimate of drug-likeness (QED) is 0.851. The predicted molar refractivity (Wildman–Crippen MR) is 62.5 cm³/mol. The second-order valence-corrected chi connectivity index (χ2v) is 4.40. The minimum absolute atomic E-state index is 0.438. The van der Waals surface area contributed by atoms with E-state index in [2.05, 4.69) is 11.4 Å². The van der Waals surface area contributed by atoms with Crippen molar-refractivity contribution in [2.24, 2.45) is 5.92 Å². The largest absolute Gasteiger partial charge is 0.495 e. The van der Waals surface area contributed by atoms with Gasteiger partial charge in [-0.1, -0.05) is 17.7 Å². The molecular formula is C12H16ClNO. The first-order valence-electron chi connectivity index (χ1n) is 5.27. The molecule has 1 saturated carbocycles. The minimum atomic E-state index is 0.438. The number of hydrogen-bond acceptors (Lipinski definition) is 2. The first kappa shape index (κ1) is 10.8. The lowest BCUT2D eigenvalue weighted by molar-refractivity contribution is 0.414. The number of nitrogens with one attached hydrogen (secondary N) is 1. The number of benzene rings is 1. The lowest BCUT2D eigenvalue weighted by Crippen LogP contribution is -2.18. The molecule has 82 valence electrons. The predicted octanol–water partition coefficient (Wildman–Crippen LogP) is 3.02. The second kappa shape index (κ2) is 4.42. The van der Waals surface area contributed by atoms with Crippen molar-refractivity contribution in [2.45, 2.75) is 18.9 Å². The van der Waals surface area contributed by atoms with Crippen LogP contribution in [0.5, 0.6) is 5.75 Å². The van der Waals surface area contributed by atoms with Crippen LogP contribution in [-0.2, 0) is 0 Å². The molecule has 0 heterocycles. The summed E-state index contributed by atoms with van der Waals surface area (Å²) in [5.41, 5.74) is 1.26. The van der Waals surface area contributed by atoms with E-state index in [1.54, 1.807) is 7.11 Å². The molecule has 0 spiro atoms. The van der Waals surface area contributed by atoms with Crippen molar-refractivity contribution in [2.75, 3.05) is 14.2 Å². The average Bonchev–Trinajstić information content (AvgIpc) is 3.03. The van der Waals surface area contributed by atoms with E-state index in [0.717, 1.165) is 11.7 Å². The first-order chi connectivity index (χ1) is 7.26. The van der Waals surface area contributed by atoms with Gasteiger partial charge in [0, 0.05) is 6.04 Å². The SMILES string of the molecule is CNC(c1ccc(OC)c(Cl)c1)C1CC1. The van der Waals surface area contributed by atoms with Crippen LogP contribution in [0.15, 0.2) is 18.2 Å². The van der Waals surface area contributed by atoms with Gasteiger partial charge in [0.1, 0.15) is 5.75 Å². The van der Waals surface area contributed by atoms with E-state index in [1.165, 1.54) is 18.4 Å². The molecule has 2 nitrogen and oxygen atoms in total. The lowest BCUT2D eigenvalue weighted by Gasteiger charge is -2.16. The zero-order valence-corrected chi connectivity index (χ0v) is 9.84. The number of halogens is 1. The van der Waals surface area contributed by atoms with Gasteiger partial charge >= 0.3 is 0 Å². The molecule has 1 N–H and O–H groups in total. The van der Waals surface area contributed by atoms with Crippen molar-refractivity contribution in [1.82, 2.24) is 5.32 Å². The summed E-state index contributed by atoms with van der Waals surface area (Å²) in [6.07, 6.45) is 2.63. The van der Waals surface area contributed by atoms with Crippen LogP contribution in [0.25, 0.3) is 0 Å². The van der Waals surface area contributed by atoms with Crippen molar-refractivity contribution >= 4 is 11.6 Å². The molecule has 1 atom stereocenters. The smallest absolute Gasteiger partial charge is 0.137 e. The highest BCUT2D eigenvalue weighted by Gasteiger charge is 2.31. The molecule has 2 rings (SSSR count). The zero-order valence-electron chi connectivity index (χ0n) is 9.09. The Hall–Kier alpha value is -0.730. The molecule has 1 unspecified atom stereocenters. The maximum absolute atomic E-state index is 6.10.